The van der Waals surface area contributed by atoms with Gasteiger partial charge in [-0.05, 0) is 52.7 Å². The number of hydrogen-bond acceptors (Lipinski definition) is 2. The number of rotatable bonds is 5. The quantitative estimate of drug-likeness (QED) is 0.682. The summed E-state index contributed by atoms with van der Waals surface area (Å²) in [6.07, 6.45) is 1.08. The predicted molar refractivity (Wildman–Crippen MR) is 88.6 cm³/mol. The van der Waals surface area contributed by atoms with E-state index in [0.717, 1.165) is 32.4 Å². The highest BCUT2D eigenvalue weighted by atomic mass is 79.9. The van der Waals surface area contributed by atoms with Crippen molar-refractivity contribution in [1.29, 1.82) is 0 Å². The van der Waals surface area contributed by atoms with E-state index in [1.54, 1.807) is 11.3 Å². The highest BCUT2D eigenvalue weighted by molar-refractivity contribution is 9.10. The van der Waals surface area contributed by atoms with E-state index in [9.17, 15) is 0 Å². The summed E-state index contributed by atoms with van der Waals surface area (Å²) in [7, 11) is 0. The van der Waals surface area contributed by atoms with Crippen LogP contribution in [0.1, 0.15) is 29.8 Å². The van der Waals surface area contributed by atoms with Gasteiger partial charge in [0.25, 0.3) is 0 Å². The van der Waals surface area contributed by atoms with Gasteiger partial charge in [-0.2, -0.15) is 0 Å². The van der Waals surface area contributed by atoms with Crippen LogP contribution in [0.3, 0.4) is 0 Å². The monoisotopic (exact) mass is 377 g/mol. The van der Waals surface area contributed by atoms with Crippen LogP contribution in [-0.2, 0) is 0 Å². The number of halogens is 3. The zero-order valence-corrected chi connectivity index (χ0v) is 14.3. The minimum Gasteiger partial charge on any atom is -0.306 e. The summed E-state index contributed by atoms with van der Waals surface area (Å²) in [6, 6.07) is 10.1. The second-order valence-electron chi connectivity index (χ2n) is 4.21. The van der Waals surface area contributed by atoms with Crippen LogP contribution in [0.5, 0.6) is 0 Å². The molecular weight excluding hydrogens is 365 g/mol. The van der Waals surface area contributed by atoms with Gasteiger partial charge in [-0.3, -0.25) is 0 Å². The number of thiophene rings is 1. The predicted octanol–water partition coefficient (Wildman–Crippen LogP) is 5.91. The van der Waals surface area contributed by atoms with Crippen molar-refractivity contribution in [3.8, 4) is 0 Å². The minimum atomic E-state index is 0.132. The molecule has 2 rings (SSSR count). The molecule has 0 fully saturated rings. The Bertz CT molecular complexity index is 537. The summed E-state index contributed by atoms with van der Waals surface area (Å²) in [4.78, 5) is 1.19. The molecule has 1 heterocycles. The molecule has 0 bridgehead atoms. The molecule has 0 aliphatic rings. The van der Waals surface area contributed by atoms with Gasteiger partial charge in [-0.15, -0.1) is 11.3 Å². The van der Waals surface area contributed by atoms with Gasteiger partial charge in [0.2, 0.25) is 0 Å². The van der Waals surface area contributed by atoms with Crippen LogP contribution in [0.25, 0.3) is 0 Å². The molecule has 0 saturated heterocycles. The third kappa shape index (κ3) is 3.96. The molecule has 1 aromatic heterocycles. The van der Waals surface area contributed by atoms with Gasteiger partial charge < -0.3 is 5.32 Å². The van der Waals surface area contributed by atoms with Gasteiger partial charge >= 0.3 is 0 Å². The van der Waals surface area contributed by atoms with Crippen LogP contribution < -0.4 is 5.32 Å². The highest BCUT2D eigenvalue weighted by Gasteiger charge is 2.17. The third-order valence-electron chi connectivity index (χ3n) is 2.73. The van der Waals surface area contributed by atoms with Crippen LogP contribution in [0.15, 0.2) is 34.8 Å². The van der Waals surface area contributed by atoms with Crippen molar-refractivity contribution in [2.75, 3.05) is 6.54 Å². The first kappa shape index (κ1) is 15.3. The van der Waals surface area contributed by atoms with Crippen molar-refractivity contribution in [3.05, 3.63) is 54.6 Å². The van der Waals surface area contributed by atoms with E-state index in [0.29, 0.717) is 0 Å². The molecular formula is C14H14BrCl2NS. The van der Waals surface area contributed by atoms with Gasteiger partial charge in [-0.25, -0.2) is 0 Å². The van der Waals surface area contributed by atoms with Crippen molar-refractivity contribution in [2.24, 2.45) is 0 Å². The van der Waals surface area contributed by atoms with Crippen molar-refractivity contribution in [3.63, 3.8) is 0 Å². The third-order valence-corrected chi connectivity index (χ3v) is 5.50. The lowest BCUT2D eigenvalue weighted by atomic mass is 10.1. The Hall–Kier alpha value is -0.0600. The smallest absolute Gasteiger partial charge is 0.107 e. The van der Waals surface area contributed by atoms with Crippen molar-refractivity contribution >= 4 is 50.5 Å². The van der Waals surface area contributed by atoms with Gasteiger partial charge in [-0.1, -0.05) is 42.3 Å². The molecule has 0 aliphatic heterocycles. The molecule has 0 amide bonds. The lowest BCUT2D eigenvalue weighted by molar-refractivity contribution is 0.606. The normalized spacial score (nSPS) is 12.6. The van der Waals surface area contributed by atoms with Gasteiger partial charge in [0.15, 0.2) is 0 Å². The van der Waals surface area contributed by atoms with E-state index in [1.165, 1.54) is 4.88 Å². The molecule has 1 atom stereocenters. The summed E-state index contributed by atoms with van der Waals surface area (Å²) in [5.74, 6) is 0. The van der Waals surface area contributed by atoms with E-state index < -0.39 is 0 Å². The first-order chi connectivity index (χ1) is 9.11. The van der Waals surface area contributed by atoms with Gasteiger partial charge in [0, 0.05) is 14.4 Å². The van der Waals surface area contributed by atoms with Crippen LogP contribution in [0.4, 0.5) is 0 Å². The maximum Gasteiger partial charge on any atom is 0.107 e. The number of hydrogen-bond donors (Lipinski definition) is 1. The largest absolute Gasteiger partial charge is 0.306 e. The Balaban J connectivity index is 2.35. The maximum atomic E-state index is 6.14. The molecule has 1 nitrogen and oxygen atoms in total. The average molecular weight is 379 g/mol. The van der Waals surface area contributed by atoms with Gasteiger partial charge in [0.1, 0.15) is 4.34 Å². The van der Waals surface area contributed by atoms with Crippen molar-refractivity contribution < 1.29 is 0 Å². The molecule has 1 N–H and O–H groups in total. The average Bonchev–Trinajstić information content (AvgIpc) is 2.70. The van der Waals surface area contributed by atoms with E-state index in [2.05, 4.69) is 40.3 Å². The lowest BCUT2D eigenvalue weighted by Gasteiger charge is -2.17. The zero-order chi connectivity index (χ0) is 13.8. The summed E-state index contributed by atoms with van der Waals surface area (Å²) in [6.45, 7) is 3.10. The van der Waals surface area contributed by atoms with E-state index >= 15 is 0 Å². The first-order valence-corrected chi connectivity index (χ1v) is 8.42. The van der Waals surface area contributed by atoms with E-state index in [-0.39, 0.29) is 6.04 Å². The summed E-state index contributed by atoms with van der Waals surface area (Å²) in [5, 5.41) is 4.29. The molecule has 0 radical (unpaired) electrons. The molecule has 19 heavy (non-hydrogen) atoms. The zero-order valence-electron chi connectivity index (χ0n) is 10.4. The SMILES string of the molecule is CCCNC(c1cccc(Cl)c1)c1cc(Br)c(Cl)s1. The van der Waals surface area contributed by atoms with Crippen LogP contribution >= 0.6 is 50.5 Å². The van der Waals surface area contributed by atoms with Crippen molar-refractivity contribution in [1.82, 2.24) is 5.32 Å². The summed E-state index contributed by atoms with van der Waals surface area (Å²) >= 11 is 17.3. The Morgan fingerprint density at radius 1 is 1.32 bits per heavy atom. The molecule has 2 aromatic rings. The second-order valence-corrected chi connectivity index (χ2v) is 7.19. The molecule has 0 spiro atoms. The second kappa shape index (κ2) is 7.09. The molecule has 0 saturated carbocycles. The molecule has 1 unspecified atom stereocenters. The Labute approximate surface area is 136 Å². The van der Waals surface area contributed by atoms with Gasteiger partial charge in [0.05, 0.1) is 6.04 Å². The standard InChI is InChI=1S/C14H14BrCl2NS/c1-2-6-18-13(9-4-3-5-10(16)7-9)12-8-11(15)14(17)19-12/h3-5,7-8,13,18H,2,6H2,1H3. The molecule has 1 aromatic carbocycles. The topological polar surface area (TPSA) is 12.0 Å². The Morgan fingerprint density at radius 2 is 2.11 bits per heavy atom. The fraction of sp³-hybridized carbons (Fsp3) is 0.286. The molecule has 0 aliphatic carbocycles. The van der Waals surface area contributed by atoms with Crippen LogP contribution in [0.2, 0.25) is 9.36 Å². The first-order valence-electron chi connectivity index (χ1n) is 6.05. The molecule has 5 heteroatoms. The van der Waals surface area contributed by atoms with Crippen LogP contribution in [-0.4, -0.2) is 6.54 Å². The lowest BCUT2D eigenvalue weighted by Crippen LogP contribution is -2.22. The Morgan fingerprint density at radius 3 is 2.68 bits per heavy atom. The highest BCUT2D eigenvalue weighted by Crippen LogP contribution is 2.37. The number of nitrogens with one attached hydrogen (secondary N) is 1. The fourth-order valence-corrected chi connectivity index (χ4v) is 3.90. The van der Waals surface area contributed by atoms with Crippen LogP contribution in [0, 0.1) is 0 Å². The Kier molecular flexibility index (Phi) is 5.72. The fourth-order valence-electron chi connectivity index (χ4n) is 1.86. The minimum absolute atomic E-state index is 0.132. The molecule has 102 valence electrons. The number of benzene rings is 1. The maximum absolute atomic E-state index is 6.14. The van der Waals surface area contributed by atoms with Crippen molar-refractivity contribution in [2.45, 2.75) is 19.4 Å². The van der Waals surface area contributed by atoms with E-state index in [1.807, 2.05) is 18.2 Å². The summed E-state index contributed by atoms with van der Waals surface area (Å²) in [5.41, 5.74) is 1.16. The summed E-state index contributed by atoms with van der Waals surface area (Å²) < 4.78 is 1.72. The van der Waals surface area contributed by atoms with E-state index in [4.69, 9.17) is 23.2 Å².